The number of hydrogen-bond acceptors (Lipinski definition) is 6. The zero-order valence-electron chi connectivity index (χ0n) is 9.49. The zero-order chi connectivity index (χ0) is 11.9. The van der Waals surface area contributed by atoms with Crippen molar-refractivity contribution in [1.29, 1.82) is 0 Å². The fourth-order valence-electron chi connectivity index (χ4n) is 2.60. The zero-order valence-corrected chi connectivity index (χ0v) is 10.2. The Hall–Kier alpha value is -1.14. The van der Waals surface area contributed by atoms with E-state index in [0.29, 0.717) is 11.4 Å². The molecule has 6 nitrogen and oxygen atoms in total. The average molecular weight is 255 g/mol. The largest absolute Gasteiger partial charge is 0.381 e. The lowest BCUT2D eigenvalue weighted by molar-refractivity contribution is 0.137. The number of aromatic nitrogens is 3. The SMILES string of the molecule is Nc1nc(N2CCCC3(CNC3)C2)nnc1Cl. The van der Waals surface area contributed by atoms with Crippen LogP contribution in [0.4, 0.5) is 11.8 Å². The molecule has 0 bridgehead atoms. The molecule has 2 aliphatic heterocycles. The van der Waals surface area contributed by atoms with Crippen LogP contribution in [-0.2, 0) is 0 Å². The number of rotatable bonds is 1. The van der Waals surface area contributed by atoms with Gasteiger partial charge in [-0.2, -0.15) is 4.98 Å². The highest BCUT2D eigenvalue weighted by molar-refractivity contribution is 6.31. The number of piperidine rings is 1. The Bertz CT molecular complexity index is 433. The van der Waals surface area contributed by atoms with Crippen molar-refractivity contribution in [2.75, 3.05) is 36.8 Å². The van der Waals surface area contributed by atoms with Crippen LogP contribution in [0.3, 0.4) is 0 Å². The molecule has 7 heteroatoms. The van der Waals surface area contributed by atoms with Gasteiger partial charge in [-0.1, -0.05) is 11.6 Å². The average Bonchev–Trinajstić information content (AvgIpc) is 2.31. The highest BCUT2D eigenvalue weighted by atomic mass is 35.5. The highest BCUT2D eigenvalue weighted by Gasteiger charge is 2.41. The van der Waals surface area contributed by atoms with Crippen molar-refractivity contribution in [1.82, 2.24) is 20.5 Å². The van der Waals surface area contributed by atoms with Crippen LogP contribution in [0.1, 0.15) is 12.8 Å². The lowest BCUT2D eigenvalue weighted by atomic mass is 9.75. The van der Waals surface area contributed by atoms with Gasteiger partial charge in [0.1, 0.15) is 0 Å². The third-order valence-corrected chi connectivity index (χ3v) is 3.87. The monoisotopic (exact) mass is 254 g/mol. The van der Waals surface area contributed by atoms with E-state index >= 15 is 0 Å². The first-order valence-electron chi connectivity index (χ1n) is 5.80. The maximum absolute atomic E-state index is 5.72. The molecule has 92 valence electrons. The number of nitrogen functional groups attached to an aromatic ring is 1. The van der Waals surface area contributed by atoms with Crippen LogP contribution < -0.4 is 16.0 Å². The Morgan fingerprint density at radius 1 is 1.35 bits per heavy atom. The van der Waals surface area contributed by atoms with E-state index in [0.717, 1.165) is 32.6 Å². The Labute approximate surface area is 105 Å². The Morgan fingerprint density at radius 2 is 2.18 bits per heavy atom. The van der Waals surface area contributed by atoms with Crippen LogP contribution in [0, 0.1) is 5.41 Å². The standard InChI is InChI=1S/C10H15ClN6/c11-7-8(12)14-9(16-15-7)17-3-1-2-10(6-17)4-13-5-10/h13H,1-6H2,(H2,12,14,16). The van der Waals surface area contributed by atoms with Crippen molar-refractivity contribution in [3.8, 4) is 0 Å². The lowest BCUT2D eigenvalue weighted by Gasteiger charge is -2.49. The molecule has 3 heterocycles. The van der Waals surface area contributed by atoms with Crippen LogP contribution in [0.25, 0.3) is 0 Å². The molecule has 0 saturated carbocycles. The summed E-state index contributed by atoms with van der Waals surface area (Å²) in [6, 6.07) is 0. The minimum absolute atomic E-state index is 0.172. The summed E-state index contributed by atoms with van der Waals surface area (Å²) < 4.78 is 0. The van der Waals surface area contributed by atoms with Gasteiger partial charge in [0.15, 0.2) is 11.0 Å². The molecule has 17 heavy (non-hydrogen) atoms. The summed E-state index contributed by atoms with van der Waals surface area (Å²) in [5, 5.41) is 11.3. The third kappa shape index (κ3) is 1.91. The van der Waals surface area contributed by atoms with Crippen molar-refractivity contribution in [3.05, 3.63) is 5.15 Å². The van der Waals surface area contributed by atoms with Crippen LogP contribution in [-0.4, -0.2) is 41.4 Å². The smallest absolute Gasteiger partial charge is 0.247 e. The van der Waals surface area contributed by atoms with Gasteiger partial charge in [-0.05, 0) is 12.8 Å². The number of halogens is 1. The first-order chi connectivity index (χ1) is 8.19. The molecular formula is C10H15ClN6. The molecule has 0 atom stereocenters. The van der Waals surface area contributed by atoms with Gasteiger partial charge in [0.2, 0.25) is 5.95 Å². The normalized spacial score (nSPS) is 22.5. The Kier molecular flexibility index (Phi) is 2.56. The van der Waals surface area contributed by atoms with Gasteiger partial charge in [0.25, 0.3) is 0 Å². The van der Waals surface area contributed by atoms with Crippen molar-refractivity contribution in [2.45, 2.75) is 12.8 Å². The van der Waals surface area contributed by atoms with Crippen molar-refractivity contribution in [3.63, 3.8) is 0 Å². The lowest BCUT2D eigenvalue weighted by Crippen LogP contribution is -2.61. The van der Waals surface area contributed by atoms with E-state index in [1.54, 1.807) is 0 Å². The van der Waals surface area contributed by atoms with Gasteiger partial charge in [0.05, 0.1) is 0 Å². The van der Waals surface area contributed by atoms with Gasteiger partial charge in [-0.15, -0.1) is 10.2 Å². The van der Waals surface area contributed by atoms with Crippen molar-refractivity contribution >= 4 is 23.4 Å². The summed E-state index contributed by atoms with van der Waals surface area (Å²) in [4.78, 5) is 6.35. The van der Waals surface area contributed by atoms with Gasteiger partial charge in [-0.3, -0.25) is 0 Å². The minimum Gasteiger partial charge on any atom is -0.381 e. The summed E-state index contributed by atoms with van der Waals surface area (Å²) in [5.74, 6) is 0.848. The van der Waals surface area contributed by atoms with Crippen LogP contribution >= 0.6 is 11.6 Å². The van der Waals surface area contributed by atoms with Crippen molar-refractivity contribution in [2.24, 2.45) is 5.41 Å². The summed E-state index contributed by atoms with van der Waals surface area (Å²) in [6.07, 6.45) is 2.43. The Balaban J connectivity index is 1.81. The fraction of sp³-hybridized carbons (Fsp3) is 0.700. The maximum atomic E-state index is 5.72. The van der Waals surface area contributed by atoms with E-state index < -0.39 is 0 Å². The van der Waals surface area contributed by atoms with Gasteiger partial charge in [0, 0.05) is 31.6 Å². The molecule has 0 radical (unpaired) electrons. The van der Waals surface area contributed by atoms with Crippen LogP contribution in [0.2, 0.25) is 5.15 Å². The molecule has 0 aromatic carbocycles. The number of hydrogen-bond donors (Lipinski definition) is 2. The quantitative estimate of drug-likeness (QED) is 0.750. The predicted octanol–water partition coefficient (Wildman–Crippen LogP) is 0.297. The van der Waals surface area contributed by atoms with E-state index in [1.165, 1.54) is 6.42 Å². The first kappa shape index (κ1) is 11.0. The van der Waals surface area contributed by atoms with Gasteiger partial charge in [-0.25, -0.2) is 0 Å². The van der Waals surface area contributed by atoms with Gasteiger partial charge >= 0.3 is 0 Å². The molecule has 1 aromatic rings. The maximum Gasteiger partial charge on any atom is 0.247 e. The molecule has 0 amide bonds. The van der Waals surface area contributed by atoms with E-state index in [2.05, 4.69) is 25.4 Å². The summed E-state index contributed by atoms with van der Waals surface area (Å²) >= 11 is 5.72. The molecule has 0 aliphatic carbocycles. The van der Waals surface area contributed by atoms with E-state index in [9.17, 15) is 0 Å². The molecule has 3 rings (SSSR count). The van der Waals surface area contributed by atoms with Crippen LogP contribution in [0.5, 0.6) is 0 Å². The number of nitrogens with two attached hydrogens (primary N) is 1. The van der Waals surface area contributed by atoms with E-state index in [-0.39, 0.29) is 11.0 Å². The Morgan fingerprint density at radius 3 is 2.82 bits per heavy atom. The molecule has 2 saturated heterocycles. The summed E-state index contributed by atoms with van der Waals surface area (Å²) in [5.41, 5.74) is 6.06. The highest BCUT2D eigenvalue weighted by Crippen LogP contribution is 2.34. The van der Waals surface area contributed by atoms with E-state index in [1.807, 2.05) is 0 Å². The number of nitrogens with zero attached hydrogens (tertiary/aromatic N) is 4. The van der Waals surface area contributed by atoms with E-state index in [4.69, 9.17) is 17.3 Å². The molecule has 1 aromatic heterocycles. The molecule has 0 unspecified atom stereocenters. The van der Waals surface area contributed by atoms with Crippen molar-refractivity contribution < 1.29 is 0 Å². The number of anilines is 2. The second-order valence-corrected chi connectivity index (χ2v) is 5.27. The minimum atomic E-state index is 0.172. The van der Waals surface area contributed by atoms with Crippen LogP contribution in [0.15, 0.2) is 0 Å². The second kappa shape index (κ2) is 3.96. The topological polar surface area (TPSA) is 80.0 Å². The molecule has 1 spiro atoms. The molecule has 2 fully saturated rings. The van der Waals surface area contributed by atoms with Gasteiger partial charge < -0.3 is 16.0 Å². The predicted molar refractivity (Wildman–Crippen MR) is 66.0 cm³/mol. The third-order valence-electron chi connectivity index (χ3n) is 3.60. The summed E-state index contributed by atoms with van der Waals surface area (Å²) in [6.45, 7) is 4.10. The summed E-state index contributed by atoms with van der Waals surface area (Å²) in [7, 11) is 0. The fourth-order valence-corrected chi connectivity index (χ4v) is 2.68. The number of nitrogens with one attached hydrogen (secondary N) is 1. The molecule has 2 aliphatic rings. The second-order valence-electron chi connectivity index (χ2n) is 4.92. The first-order valence-corrected chi connectivity index (χ1v) is 6.18. The molecule has 3 N–H and O–H groups in total. The molecular weight excluding hydrogens is 240 g/mol.